The van der Waals surface area contributed by atoms with Gasteiger partial charge in [-0.2, -0.15) is 0 Å². The first-order valence-electron chi connectivity index (χ1n) is 12.5. The van der Waals surface area contributed by atoms with Crippen LogP contribution in [0.5, 0.6) is 11.5 Å². The van der Waals surface area contributed by atoms with Crippen LogP contribution in [0.4, 0.5) is 0 Å². The number of aliphatic hydroxyl groups is 1. The molecule has 1 amide bonds. The van der Waals surface area contributed by atoms with Gasteiger partial charge in [-0.05, 0) is 60.0 Å². The highest BCUT2D eigenvalue weighted by molar-refractivity contribution is 6.46. The molecule has 0 aliphatic carbocycles. The van der Waals surface area contributed by atoms with E-state index in [2.05, 4.69) is 0 Å². The molecule has 1 fully saturated rings. The minimum Gasteiger partial charge on any atom is -0.507 e. The van der Waals surface area contributed by atoms with Gasteiger partial charge in [0.15, 0.2) is 0 Å². The lowest BCUT2D eigenvalue weighted by Crippen LogP contribution is -2.29. The number of ketones is 1. The molecule has 0 saturated carbocycles. The molecule has 1 aliphatic rings. The Bertz CT molecular complexity index is 1530. The minimum absolute atomic E-state index is 0.0424. The van der Waals surface area contributed by atoms with Gasteiger partial charge < -0.3 is 19.5 Å². The molecular formula is C32H29NO5. The number of hydrogen-bond donors (Lipinski definition) is 1. The Labute approximate surface area is 221 Å². The predicted octanol–water partition coefficient (Wildman–Crippen LogP) is 6.26. The molecular weight excluding hydrogens is 478 g/mol. The average molecular weight is 508 g/mol. The van der Waals surface area contributed by atoms with Gasteiger partial charge in [0.05, 0.1) is 24.8 Å². The van der Waals surface area contributed by atoms with E-state index < -0.39 is 17.7 Å². The maximum atomic E-state index is 13.5. The lowest BCUT2D eigenvalue weighted by atomic mass is 9.93. The third-order valence-electron chi connectivity index (χ3n) is 6.64. The normalized spacial score (nSPS) is 16.8. The summed E-state index contributed by atoms with van der Waals surface area (Å²) in [6.07, 6.45) is 0.0424. The second-order valence-electron chi connectivity index (χ2n) is 9.54. The van der Waals surface area contributed by atoms with Crippen LogP contribution >= 0.6 is 0 Å². The highest BCUT2D eigenvalue weighted by Gasteiger charge is 2.46. The summed E-state index contributed by atoms with van der Waals surface area (Å²) in [7, 11) is 1.56. The van der Waals surface area contributed by atoms with Gasteiger partial charge in [-0.3, -0.25) is 9.59 Å². The monoisotopic (exact) mass is 507 g/mol. The Morgan fingerprint density at radius 3 is 2.34 bits per heavy atom. The van der Waals surface area contributed by atoms with Crippen LogP contribution in [0.15, 0.2) is 96.6 Å². The van der Waals surface area contributed by atoms with E-state index in [1.807, 2.05) is 86.6 Å². The second kappa shape index (κ2) is 10.4. The standard InChI is InChI=1S/C32H29NO5/c1-20(2)38-24-16-14-21(15-17-24)19-33-29(23-10-6-11-25(18-23)37-3)28(31(35)32(33)36)30(34)27-13-7-9-22-8-4-5-12-26(22)27/h4-18,20,29,34H,19H2,1-3H3/b30-28-. The van der Waals surface area contributed by atoms with Crippen molar-refractivity contribution < 1.29 is 24.2 Å². The zero-order chi connectivity index (χ0) is 26.8. The molecule has 0 aromatic heterocycles. The molecule has 6 nitrogen and oxygen atoms in total. The van der Waals surface area contributed by atoms with Gasteiger partial charge in [-0.1, -0.05) is 66.7 Å². The summed E-state index contributed by atoms with van der Waals surface area (Å²) in [6, 6.07) is 27.1. The van der Waals surface area contributed by atoms with E-state index in [9.17, 15) is 14.7 Å². The Hall–Kier alpha value is -4.58. The van der Waals surface area contributed by atoms with E-state index in [4.69, 9.17) is 9.47 Å². The van der Waals surface area contributed by atoms with E-state index in [0.29, 0.717) is 16.9 Å². The van der Waals surface area contributed by atoms with Crippen LogP contribution in [0.3, 0.4) is 0 Å². The third-order valence-corrected chi connectivity index (χ3v) is 6.64. The topological polar surface area (TPSA) is 76.1 Å². The molecule has 1 heterocycles. The van der Waals surface area contributed by atoms with Crippen molar-refractivity contribution in [2.45, 2.75) is 32.5 Å². The van der Waals surface area contributed by atoms with Crippen LogP contribution in [-0.4, -0.2) is 34.9 Å². The third kappa shape index (κ3) is 4.73. The van der Waals surface area contributed by atoms with Gasteiger partial charge in [0.2, 0.25) is 0 Å². The Kier molecular flexibility index (Phi) is 6.88. The Morgan fingerprint density at radius 1 is 0.895 bits per heavy atom. The molecule has 38 heavy (non-hydrogen) atoms. The molecule has 192 valence electrons. The van der Waals surface area contributed by atoms with E-state index in [-0.39, 0.29) is 24.0 Å². The first-order chi connectivity index (χ1) is 18.4. The van der Waals surface area contributed by atoms with E-state index in [1.54, 1.807) is 25.3 Å². The van der Waals surface area contributed by atoms with Crippen molar-refractivity contribution >= 4 is 28.2 Å². The smallest absolute Gasteiger partial charge is 0.295 e. The summed E-state index contributed by atoms with van der Waals surface area (Å²) in [5.74, 6) is -0.263. The molecule has 0 spiro atoms. The number of rotatable bonds is 7. The van der Waals surface area contributed by atoms with Crippen molar-refractivity contribution in [3.63, 3.8) is 0 Å². The quantitative estimate of drug-likeness (QED) is 0.182. The molecule has 4 aromatic carbocycles. The zero-order valence-electron chi connectivity index (χ0n) is 21.5. The molecule has 6 heteroatoms. The highest BCUT2D eigenvalue weighted by atomic mass is 16.5. The number of aliphatic hydroxyl groups excluding tert-OH is 1. The fraction of sp³-hybridized carbons (Fsp3) is 0.188. The van der Waals surface area contributed by atoms with Crippen molar-refractivity contribution in [1.82, 2.24) is 4.90 Å². The van der Waals surface area contributed by atoms with Crippen molar-refractivity contribution in [2.24, 2.45) is 0 Å². The summed E-state index contributed by atoms with van der Waals surface area (Å²) in [5.41, 5.74) is 2.06. The average Bonchev–Trinajstić information content (AvgIpc) is 3.18. The summed E-state index contributed by atoms with van der Waals surface area (Å²) in [4.78, 5) is 28.5. The first kappa shape index (κ1) is 25.1. The number of carbonyl (C=O) groups excluding carboxylic acids is 2. The van der Waals surface area contributed by atoms with Crippen molar-refractivity contribution in [2.75, 3.05) is 7.11 Å². The summed E-state index contributed by atoms with van der Waals surface area (Å²) >= 11 is 0. The van der Waals surface area contributed by atoms with Gasteiger partial charge in [0.1, 0.15) is 17.3 Å². The second-order valence-corrected chi connectivity index (χ2v) is 9.54. The molecule has 1 unspecified atom stereocenters. The number of amides is 1. The number of nitrogens with zero attached hydrogens (tertiary/aromatic N) is 1. The largest absolute Gasteiger partial charge is 0.507 e. The SMILES string of the molecule is COc1cccc(C2/C(=C(/O)c3cccc4ccccc34)C(=O)C(=O)N2Cc2ccc(OC(C)C)cc2)c1. The van der Waals surface area contributed by atoms with E-state index >= 15 is 0 Å². The minimum atomic E-state index is -0.796. The molecule has 0 radical (unpaired) electrons. The molecule has 1 aliphatic heterocycles. The number of methoxy groups -OCH3 is 1. The van der Waals surface area contributed by atoms with Gasteiger partial charge in [-0.15, -0.1) is 0 Å². The van der Waals surface area contributed by atoms with Crippen LogP contribution in [0.25, 0.3) is 16.5 Å². The van der Waals surface area contributed by atoms with Gasteiger partial charge in [0.25, 0.3) is 11.7 Å². The van der Waals surface area contributed by atoms with Crippen LogP contribution in [0, 0.1) is 0 Å². The summed E-state index contributed by atoms with van der Waals surface area (Å²) < 4.78 is 11.2. The number of ether oxygens (including phenoxy) is 2. The van der Waals surface area contributed by atoms with Crippen molar-refractivity contribution in [3.8, 4) is 11.5 Å². The maximum Gasteiger partial charge on any atom is 0.295 e. The number of carbonyl (C=O) groups is 2. The Balaban J connectivity index is 1.63. The van der Waals surface area contributed by atoms with Crippen molar-refractivity contribution in [3.05, 3.63) is 113 Å². The highest BCUT2D eigenvalue weighted by Crippen LogP contribution is 2.42. The molecule has 0 bridgehead atoms. The number of hydrogen-bond acceptors (Lipinski definition) is 5. The summed E-state index contributed by atoms with van der Waals surface area (Å²) in [5, 5.41) is 13.3. The van der Waals surface area contributed by atoms with Gasteiger partial charge in [-0.25, -0.2) is 0 Å². The number of Topliss-reactive ketones (excluding diaryl/α,β-unsaturated/α-hetero) is 1. The predicted molar refractivity (Wildman–Crippen MR) is 147 cm³/mol. The molecule has 4 aromatic rings. The zero-order valence-corrected chi connectivity index (χ0v) is 21.5. The maximum absolute atomic E-state index is 13.5. The lowest BCUT2D eigenvalue weighted by molar-refractivity contribution is -0.140. The van der Waals surface area contributed by atoms with Crippen LogP contribution < -0.4 is 9.47 Å². The van der Waals surface area contributed by atoms with E-state index in [1.165, 1.54) is 4.90 Å². The summed E-state index contributed by atoms with van der Waals surface area (Å²) in [6.45, 7) is 4.09. The molecule has 1 saturated heterocycles. The first-order valence-corrected chi connectivity index (χ1v) is 12.5. The van der Waals surface area contributed by atoms with Crippen LogP contribution in [-0.2, 0) is 16.1 Å². The van der Waals surface area contributed by atoms with Gasteiger partial charge in [0, 0.05) is 12.1 Å². The molecule has 5 rings (SSSR count). The van der Waals surface area contributed by atoms with Crippen molar-refractivity contribution in [1.29, 1.82) is 0 Å². The van der Waals surface area contributed by atoms with Crippen LogP contribution in [0.2, 0.25) is 0 Å². The number of benzene rings is 4. The fourth-order valence-electron chi connectivity index (χ4n) is 4.92. The van der Waals surface area contributed by atoms with E-state index in [0.717, 1.165) is 22.1 Å². The lowest BCUT2D eigenvalue weighted by Gasteiger charge is -2.26. The fourth-order valence-corrected chi connectivity index (χ4v) is 4.92. The Morgan fingerprint density at radius 2 is 1.61 bits per heavy atom. The number of likely N-dealkylation sites (tertiary alicyclic amines) is 1. The van der Waals surface area contributed by atoms with Crippen LogP contribution in [0.1, 0.15) is 36.6 Å². The van der Waals surface area contributed by atoms with Gasteiger partial charge >= 0.3 is 0 Å². The number of fused-ring (bicyclic) bond motifs is 1. The molecule has 1 N–H and O–H groups in total. The molecule has 1 atom stereocenters.